The van der Waals surface area contributed by atoms with Gasteiger partial charge in [-0.15, -0.1) is 0 Å². The summed E-state index contributed by atoms with van der Waals surface area (Å²) in [6.45, 7) is 2.01. The van der Waals surface area contributed by atoms with Gasteiger partial charge in [0.25, 0.3) is 10.0 Å². The van der Waals surface area contributed by atoms with Crippen molar-refractivity contribution in [2.75, 3.05) is 34.7 Å². The first kappa shape index (κ1) is 17.9. The van der Waals surface area contributed by atoms with Crippen molar-refractivity contribution in [1.82, 2.24) is 0 Å². The molecular weight excluding hydrogens is 362 g/mol. The second kappa shape index (κ2) is 6.88. The summed E-state index contributed by atoms with van der Waals surface area (Å²) < 4.78 is 28.3. The first-order valence-corrected chi connectivity index (χ1v) is 10.7. The van der Waals surface area contributed by atoms with E-state index in [0.29, 0.717) is 5.69 Å². The lowest BCUT2D eigenvalue weighted by atomic mass is 10.1. The van der Waals surface area contributed by atoms with Crippen molar-refractivity contribution in [1.29, 1.82) is 0 Å². The Labute approximate surface area is 159 Å². The van der Waals surface area contributed by atoms with Crippen LogP contribution in [0, 0.1) is 0 Å². The van der Waals surface area contributed by atoms with Crippen LogP contribution in [0.4, 0.5) is 17.1 Å². The quantitative estimate of drug-likeness (QED) is 0.878. The average Bonchev–Trinajstić information content (AvgIpc) is 2.96. The van der Waals surface area contributed by atoms with Crippen molar-refractivity contribution in [2.45, 2.75) is 30.6 Å². The molecule has 0 atom stereocenters. The fourth-order valence-corrected chi connectivity index (χ4v) is 4.85. The molecule has 0 aliphatic carbocycles. The molecule has 1 saturated heterocycles. The highest BCUT2D eigenvalue weighted by molar-refractivity contribution is 7.92. The SMILES string of the molecule is CN1C(=O)Cc2cc(S(=O)(=O)Nc3cccc(N4CCCCC4)c3)ccc21. The van der Waals surface area contributed by atoms with E-state index in [1.54, 1.807) is 36.2 Å². The standard InChI is InChI=1S/C20H23N3O3S/c1-22-19-9-8-18(12-15(19)13-20(22)24)27(25,26)21-16-6-5-7-17(14-16)23-10-3-2-4-11-23/h5-9,12,14,21H,2-4,10-11,13H2,1H3. The number of carbonyl (C=O) groups excluding carboxylic acids is 1. The normalized spacial score (nSPS) is 17.1. The van der Waals surface area contributed by atoms with E-state index in [2.05, 4.69) is 9.62 Å². The van der Waals surface area contributed by atoms with Crippen LogP contribution in [0.5, 0.6) is 0 Å². The number of carbonyl (C=O) groups is 1. The van der Waals surface area contributed by atoms with E-state index >= 15 is 0 Å². The van der Waals surface area contributed by atoms with Crippen LogP contribution in [0.15, 0.2) is 47.4 Å². The van der Waals surface area contributed by atoms with Gasteiger partial charge in [-0.3, -0.25) is 9.52 Å². The minimum absolute atomic E-state index is 0.0262. The summed E-state index contributed by atoms with van der Waals surface area (Å²) in [5.74, 6) is -0.0262. The Hall–Kier alpha value is -2.54. The van der Waals surface area contributed by atoms with E-state index in [1.165, 1.54) is 6.42 Å². The van der Waals surface area contributed by atoms with Gasteiger partial charge in [0.15, 0.2) is 0 Å². The Morgan fingerprint density at radius 2 is 1.78 bits per heavy atom. The predicted octanol–water partition coefficient (Wildman–Crippen LogP) is 3.00. The third-order valence-corrected chi connectivity index (χ3v) is 6.64. The van der Waals surface area contributed by atoms with Gasteiger partial charge in [-0.25, -0.2) is 8.42 Å². The topological polar surface area (TPSA) is 69.7 Å². The van der Waals surface area contributed by atoms with Gasteiger partial charge in [0.2, 0.25) is 5.91 Å². The van der Waals surface area contributed by atoms with Crippen LogP contribution in [-0.4, -0.2) is 34.5 Å². The number of benzene rings is 2. The van der Waals surface area contributed by atoms with Crippen LogP contribution in [0.2, 0.25) is 0 Å². The molecule has 1 amide bonds. The Kier molecular flexibility index (Phi) is 4.55. The largest absolute Gasteiger partial charge is 0.371 e. The molecule has 0 radical (unpaired) electrons. The first-order chi connectivity index (χ1) is 12.9. The average molecular weight is 385 g/mol. The van der Waals surface area contributed by atoms with E-state index in [0.717, 1.165) is 42.9 Å². The zero-order valence-corrected chi connectivity index (χ0v) is 16.1. The van der Waals surface area contributed by atoms with Crippen LogP contribution in [0.3, 0.4) is 0 Å². The number of nitrogens with one attached hydrogen (secondary N) is 1. The number of rotatable bonds is 4. The van der Waals surface area contributed by atoms with Crippen molar-refractivity contribution in [2.24, 2.45) is 0 Å². The van der Waals surface area contributed by atoms with E-state index in [-0.39, 0.29) is 17.2 Å². The molecule has 2 heterocycles. The molecule has 7 heteroatoms. The van der Waals surface area contributed by atoms with Crippen molar-refractivity contribution < 1.29 is 13.2 Å². The van der Waals surface area contributed by atoms with E-state index in [1.807, 2.05) is 18.2 Å². The molecular formula is C20H23N3O3S. The van der Waals surface area contributed by atoms with Crippen LogP contribution in [0.25, 0.3) is 0 Å². The molecule has 0 aromatic heterocycles. The third kappa shape index (κ3) is 3.51. The van der Waals surface area contributed by atoms with Crippen LogP contribution in [-0.2, 0) is 21.2 Å². The van der Waals surface area contributed by atoms with Gasteiger partial charge in [-0.2, -0.15) is 0 Å². The number of sulfonamides is 1. The number of anilines is 3. The van der Waals surface area contributed by atoms with Crippen molar-refractivity contribution in [3.05, 3.63) is 48.0 Å². The molecule has 0 saturated carbocycles. The molecule has 2 aromatic rings. The second-order valence-corrected chi connectivity index (χ2v) is 8.81. The highest BCUT2D eigenvalue weighted by atomic mass is 32.2. The summed E-state index contributed by atoms with van der Waals surface area (Å²) in [5.41, 5.74) is 3.10. The molecule has 27 heavy (non-hydrogen) atoms. The zero-order valence-electron chi connectivity index (χ0n) is 15.3. The fourth-order valence-electron chi connectivity index (χ4n) is 3.75. The minimum atomic E-state index is -3.72. The second-order valence-electron chi connectivity index (χ2n) is 7.12. The van der Waals surface area contributed by atoms with Crippen LogP contribution >= 0.6 is 0 Å². The summed E-state index contributed by atoms with van der Waals surface area (Å²) in [4.78, 5) is 15.8. The maximum Gasteiger partial charge on any atom is 0.261 e. The molecule has 6 nitrogen and oxygen atoms in total. The van der Waals surface area contributed by atoms with Gasteiger partial charge in [-0.05, 0) is 61.2 Å². The summed E-state index contributed by atoms with van der Waals surface area (Å²) in [6.07, 6.45) is 3.81. The van der Waals surface area contributed by atoms with E-state index in [4.69, 9.17) is 0 Å². The number of fused-ring (bicyclic) bond motifs is 1. The molecule has 2 aliphatic heterocycles. The molecule has 2 aromatic carbocycles. The fraction of sp³-hybridized carbons (Fsp3) is 0.350. The number of piperidine rings is 1. The van der Waals surface area contributed by atoms with Gasteiger partial charge in [-0.1, -0.05) is 6.07 Å². The monoisotopic (exact) mass is 385 g/mol. The summed E-state index contributed by atoms with van der Waals surface area (Å²) in [6, 6.07) is 12.4. The Morgan fingerprint density at radius 1 is 1.00 bits per heavy atom. The molecule has 2 aliphatic rings. The predicted molar refractivity (Wildman–Crippen MR) is 107 cm³/mol. The maximum atomic E-state index is 12.8. The van der Waals surface area contributed by atoms with Crippen molar-refractivity contribution in [3.63, 3.8) is 0 Å². The van der Waals surface area contributed by atoms with E-state index < -0.39 is 10.0 Å². The number of amides is 1. The van der Waals surface area contributed by atoms with Gasteiger partial charge in [0.1, 0.15) is 0 Å². The Balaban J connectivity index is 1.57. The van der Waals surface area contributed by atoms with Crippen LogP contribution in [0.1, 0.15) is 24.8 Å². The lowest BCUT2D eigenvalue weighted by Gasteiger charge is -2.29. The van der Waals surface area contributed by atoms with Crippen molar-refractivity contribution >= 4 is 33.0 Å². The third-order valence-electron chi connectivity index (χ3n) is 5.26. The van der Waals surface area contributed by atoms with Gasteiger partial charge < -0.3 is 9.80 Å². The number of nitrogens with zero attached hydrogens (tertiary/aromatic N) is 2. The highest BCUT2D eigenvalue weighted by Crippen LogP contribution is 2.31. The summed E-state index contributed by atoms with van der Waals surface area (Å²) >= 11 is 0. The lowest BCUT2D eigenvalue weighted by molar-refractivity contribution is -0.117. The number of hydrogen-bond donors (Lipinski definition) is 1. The Bertz CT molecular complexity index is 982. The number of hydrogen-bond acceptors (Lipinski definition) is 4. The van der Waals surface area contributed by atoms with Crippen LogP contribution < -0.4 is 14.5 Å². The molecule has 0 spiro atoms. The molecule has 0 bridgehead atoms. The number of likely N-dealkylation sites (N-methyl/N-ethyl adjacent to an activating group) is 1. The maximum absolute atomic E-state index is 12.8. The van der Waals surface area contributed by atoms with Crippen molar-refractivity contribution in [3.8, 4) is 0 Å². The molecule has 0 unspecified atom stereocenters. The minimum Gasteiger partial charge on any atom is -0.371 e. The lowest BCUT2D eigenvalue weighted by Crippen LogP contribution is -2.29. The molecule has 142 valence electrons. The molecule has 1 N–H and O–H groups in total. The molecule has 4 rings (SSSR count). The molecule has 1 fully saturated rings. The smallest absolute Gasteiger partial charge is 0.261 e. The van der Waals surface area contributed by atoms with Gasteiger partial charge in [0, 0.05) is 31.5 Å². The van der Waals surface area contributed by atoms with Gasteiger partial charge >= 0.3 is 0 Å². The zero-order chi connectivity index (χ0) is 19.0. The highest BCUT2D eigenvalue weighted by Gasteiger charge is 2.26. The summed E-state index contributed by atoms with van der Waals surface area (Å²) in [5, 5.41) is 0. The summed E-state index contributed by atoms with van der Waals surface area (Å²) in [7, 11) is -2.01. The van der Waals surface area contributed by atoms with Gasteiger partial charge in [0.05, 0.1) is 17.0 Å². The first-order valence-electron chi connectivity index (χ1n) is 9.21. The van der Waals surface area contributed by atoms with E-state index in [9.17, 15) is 13.2 Å². The Morgan fingerprint density at radius 3 is 2.56 bits per heavy atom.